The molecule has 3 saturated heterocycles. The minimum absolute atomic E-state index is 0.241. The van der Waals surface area contributed by atoms with E-state index >= 15 is 0 Å². The van der Waals surface area contributed by atoms with Gasteiger partial charge >= 0.3 is 0 Å². The van der Waals surface area contributed by atoms with Crippen molar-refractivity contribution in [2.45, 2.75) is 31.7 Å². The van der Waals surface area contributed by atoms with Gasteiger partial charge < -0.3 is 10.2 Å². The number of carbonyl (C=O) groups is 3. The number of hydrazine groups is 1. The molecule has 0 radical (unpaired) electrons. The average Bonchev–Trinajstić information content (AvgIpc) is 2.78. The van der Waals surface area contributed by atoms with E-state index in [1.165, 1.54) is 0 Å². The van der Waals surface area contributed by atoms with Crippen LogP contribution in [-0.4, -0.2) is 79.5 Å². The van der Waals surface area contributed by atoms with E-state index in [0.717, 1.165) is 64.3 Å². The summed E-state index contributed by atoms with van der Waals surface area (Å²) in [6.45, 7) is 6.70. The van der Waals surface area contributed by atoms with Crippen molar-refractivity contribution in [1.82, 2.24) is 20.5 Å². The molecule has 3 aliphatic heterocycles. The molecule has 9 nitrogen and oxygen atoms in total. The topological polar surface area (TPSA) is 111 Å². The van der Waals surface area contributed by atoms with Gasteiger partial charge in [0.15, 0.2) is 0 Å². The number of piperazine rings is 1. The maximum atomic E-state index is 12.9. The van der Waals surface area contributed by atoms with Crippen LogP contribution in [0.3, 0.4) is 0 Å². The maximum Gasteiger partial charge on any atom is 0.254 e. The molecule has 4 N–H and O–H groups in total. The van der Waals surface area contributed by atoms with Crippen molar-refractivity contribution in [1.29, 1.82) is 0 Å². The third-order valence-corrected chi connectivity index (χ3v) is 6.57. The molecule has 0 aromatic heterocycles. The number of hydrogen-bond acceptors (Lipinski definition) is 7. The van der Waals surface area contributed by atoms with Crippen LogP contribution in [0.15, 0.2) is 24.3 Å². The second kappa shape index (κ2) is 9.76. The Labute approximate surface area is 182 Å². The lowest BCUT2D eigenvalue weighted by molar-refractivity contribution is -0.134. The summed E-state index contributed by atoms with van der Waals surface area (Å²) in [7, 11) is 0. The molecule has 4 rings (SSSR count). The molecule has 0 spiro atoms. The quantitative estimate of drug-likeness (QED) is 0.445. The Balaban J connectivity index is 1.34. The highest BCUT2D eigenvalue weighted by atomic mass is 16.2. The van der Waals surface area contributed by atoms with Gasteiger partial charge in [0.05, 0.1) is 5.56 Å². The standard InChI is InChI=1S/C22H32N6O3/c23-28-9-7-16(8-10-28)15-26-11-13-27(14-12-26)19-4-2-1-3-17(19)21(30)24-18-5-6-20(29)25-22(18)31/h1-4,16,18H,5-15,23H2,(H,24,30)(H,25,29,31). The summed E-state index contributed by atoms with van der Waals surface area (Å²) in [4.78, 5) is 41.0. The molecule has 0 saturated carbocycles. The fraction of sp³-hybridized carbons (Fsp3) is 0.591. The van der Waals surface area contributed by atoms with Gasteiger partial charge in [0.25, 0.3) is 5.91 Å². The number of amides is 3. The van der Waals surface area contributed by atoms with Gasteiger partial charge in [-0.3, -0.25) is 30.4 Å². The Bertz CT molecular complexity index is 815. The van der Waals surface area contributed by atoms with Crippen LogP contribution in [-0.2, 0) is 9.59 Å². The van der Waals surface area contributed by atoms with Crippen molar-refractivity contribution in [3.8, 4) is 0 Å². The molecule has 0 bridgehead atoms. The Morgan fingerprint density at radius 2 is 1.74 bits per heavy atom. The first-order valence-electron chi connectivity index (χ1n) is 11.2. The minimum Gasteiger partial charge on any atom is -0.368 e. The summed E-state index contributed by atoms with van der Waals surface area (Å²) >= 11 is 0. The van der Waals surface area contributed by atoms with E-state index in [2.05, 4.69) is 20.4 Å². The van der Waals surface area contributed by atoms with Crippen molar-refractivity contribution in [2.24, 2.45) is 11.8 Å². The predicted octanol–water partition coefficient (Wildman–Crippen LogP) is -0.0707. The highest BCUT2D eigenvalue weighted by Gasteiger charge is 2.30. The number of nitrogens with two attached hydrogens (primary N) is 1. The first-order chi connectivity index (χ1) is 15.0. The number of piperidine rings is 2. The number of hydrogen-bond donors (Lipinski definition) is 3. The van der Waals surface area contributed by atoms with Crippen LogP contribution < -0.4 is 21.4 Å². The number of carbonyl (C=O) groups excluding carboxylic acids is 3. The van der Waals surface area contributed by atoms with Crippen LogP contribution in [0.25, 0.3) is 0 Å². The molecule has 1 unspecified atom stereocenters. The highest BCUT2D eigenvalue weighted by molar-refractivity contribution is 6.05. The van der Waals surface area contributed by atoms with Crippen LogP contribution >= 0.6 is 0 Å². The summed E-state index contributed by atoms with van der Waals surface area (Å²) in [6.07, 6.45) is 2.88. The van der Waals surface area contributed by atoms with Crippen LogP contribution in [0.2, 0.25) is 0 Å². The molecule has 3 aliphatic rings. The molecule has 168 valence electrons. The molecule has 31 heavy (non-hydrogen) atoms. The van der Waals surface area contributed by atoms with Crippen molar-refractivity contribution in [3.63, 3.8) is 0 Å². The van der Waals surface area contributed by atoms with Gasteiger partial charge in [-0.1, -0.05) is 12.1 Å². The second-order valence-electron chi connectivity index (χ2n) is 8.76. The number of imide groups is 1. The zero-order valence-corrected chi connectivity index (χ0v) is 17.9. The molecule has 1 aromatic carbocycles. The van der Waals surface area contributed by atoms with Crippen LogP contribution in [0.1, 0.15) is 36.0 Å². The number of nitrogens with one attached hydrogen (secondary N) is 2. The highest BCUT2D eigenvalue weighted by Crippen LogP contribution is 2.24. The zero-order valence-electron chi connectivity index (χ0n) is 17.9. The normalized spacial score (nSPS) is 24.2. The van der Waals surface area contributed by atoms with Crippen molar-refractivity contribution in [2.75, 3.05) is 50.7 Å². The van der Waals surface area contributed by atoms with Gasteiger partial charge in [0, 0.05) is 57.9 Å². The largest absolute Gasteiger partial charge is 0.368 e. The predicted molar refractivity (Wildman–Crippen MR) is 117 cm³/mol. The Kier molecular flexibility index (Phi) is 6.84. The zero-order chi connectivity index (χ0) is 21.8. The fourth-order valence-electron chi connectivity index (χ4n) is 4.68. The van der Waals surface area contributed by atoms with Gasteiger partial charge in [-0.2, -0.15) is 0 Å². The number of rotatable bonds is 5. The minimum atomic E-state index is -0.671. The van der Waals surface area contributed by atoms with E-state index < -0.39 is 11.9 Å². The molecule has 3 amide bonds. The molecule has 9 heteroatoms. The van der Waals surface area contributed by atoms with Gasteiger partial charge in [-0.05, 0) is 37.3 Å². The van der Waals surface area contributed by atoms with Gasteiger partial charge in [-0.15, -0.1) is 0 Å². The Hall–Kier alpha value is -2.49. The monoisotopic (exact) mass is 428 g/mol. The Morgan fingerprint density at radius 3 is 2.45 bits per heavy atom. The van der Waals surface area contributed by atoms with Crippen molar-refractivity contribution >= 4 is 23.4 Å². The molecular weight excluding hydrogens is 396 g/mol. The van der Waals surface area contributed by atoms with Gasteiger partial charge in [0.1, 0.15) is 6.04 Å². The maximum absolute atomic E-state index is 12.9. The summed E-state index contributed by atoms with van der Waals surface area (Å²) in [5.74, 6) is 5.57. The van der Waals surface area contributed by atoms with Gasteiger partial charge in [0.2, 0.25) is 11.8 Å². The molecule has 0 aliphatic carbocycles. The molecule has 3 fully saturated rings. The summed E-state index contributed by atoms with van der Waals surface area (Å²) < 4.78 is 0. The summed E-state index contributed by atoms with van der Waals surface area (Å²) in [5.41, 5.74) is 1.46. The van der Waals surface area contributed by atoms with Crippen molar-refractivity contribution < 1.29 is 14.4 Å². The lowest BCUT2D eigenvalue weighted by Crippen LogP contribution is -2.52. The number of nitrogens with zero attached hydrogens (tertiary/aromatic N) is 3. The smallest absolute Gasteiger partial charge is 0.254 e. The van der Waals surface area contributed by atoms with Gasteiger partial charge in [-0.25, -0.2) is 5.01 Å². The number of para-hydroxylation sites is 1. The SMILES string of the molecule is NN1CCC(CN2CCN(c3ccccc3C(=O)NC3CCC(=O)NC3=O)CC2)CC1. The van der Waals surface area contributed by atoms with E-state index in [1.807, 2.05) is 23.2 Å². The third kappa shape index (κ3) is 5.41. The first kappa shape index (κ1) is 21.7. The van der Waals surface area contributed by atoms with E-state index in [9.17, 15) is 14.4 Å². The summed E-state index contributed by atoms with van der Waals surface area (Å²) in [5, 5.41) is 6.99. The molecule has 1 aromatic rings. The molecule has 3 heterocycles. The van der Waals surface area contributed by atoms with Crippen LogP contribution in [0.5, 0.6) is 0 Å². The lowest BCUT2D eigenvalue weighted by atomic mass is 9.97. The van der Waals surface area contributed by atoms with Crippen LogP contribution in [0.4, 0.5) is 5.69 Å². The van der Waals surface area contributed by atoms with Crippen molar-refractivity contribution in [3.05, 3.63) is 29.8 Å². The first-order valence-corrected chi connectivity index (χ1v) is 11.2. The average molecular weight is 429 g/mol. The molecule has 1 atom stereocenters. The van der Waals surface area contributed by atoms with Crippen LogP contribution in [0, 0.1) is 5.92 Å². The second-order valence-corrected chi connectivity index (χ2v) is 8.76. The van der Waals surface area contributed by atoms with E-state index in [0.29, 0.717) is 17.9 Å². The van der Waals surface area contributed by atoms with E-state index in [4.69, 9.17) is 5.84 Å². The fourth-order valence-corrected chi connectivity index (χ4v) is 4.68. The number of benzene rings is 1. The third-order valence-electron chi connectivity index (χ3n) is 6.57. The summed E-state index contributed by atoms with van der Waals surface area (Å²) in [6, 6.07) is 6.86. The lowest BCUT2D eigenvalue weighted by Gasteiger charge is -2.39. The number of anilines is 1. The van der Waals surface area contributed by atoms with E-state index in [-0.39, 0.29) is 18.2 Å². The van der Waals surface area contributed by atoms with E-state index in [1.54, 1.807) is 6.07 Å². The molecular formula is C22H32N6O3. The Morgan fingerprint density at radius 1 is 1.03 bits per heavy atom.